The highest BCUT2D eigenvalue weighted by Crippen LogP contribution is 2.07. The number of hydrogen-bond acceptors (Lipinski definition) is 4. The summed E-state index contributed by atoms with van der Waals surface area (Å²) in [5.41, 5.74) is 0. The molecule has 1 unspecified atom stereocenters. The number of ether oxygens (including phenoxy) is 1. The van der Waals surface area contributed by atoms with Crippen molar-refractivity contribution in [1.29, 1.82) is 0 Å². The molecule has 0 aromatic heterocycles. The van der Waals surface area contributed by atoms with Crippen LogP contribution in [0.2, 0.25) is 0 Å². The second-order valence-corrected chi connectivity index (χ2v) is 5.90. The van der Waals surface area contributed by atoms with E-state index >= 15 is 0 Å². The van der Waals surface area contributed by atoms with Gasteiger partial charge in [-0.2, -0.15) is 0 Å². The van der Waals surface area contributed by atoms with Crippen LogP contribution in [0.5, 0.6) is 0 Å². The van der Waals surface area contributed by atoms with Crippen molar-refractivity contribution in [2.75, 3.05) is 13.2 Å². The van der Waals surface area contributed by atoms with Gasteiger partial charge in [0.05, 0.1) is 6.61 Å². The Morgan fingerprint density at radius 1 is 1.12 bits per heavy atom. The van der Waals surface area contributed by atoms with E-state index in [2.05, 4.69) is 36.7 Å². The third kappa shape index (κ3) is 18.4. The molecule has 0 bridgehead atoms. The van der Waals surface area contributed by atoms with E-state index in [1.165, 1.54) is 12.8 Å². The highest BCUT2D eigenvalue weighted by molar-refractivity contribution is 5.69. The number of unbranched alkanes of at least 4 members (excludes halogenated alkanes) is 7. The summed E-state index contributed by atoms with van der Waals surface area (Å²) in [6.45, 7) is 1.65. The topological polar surface area (TPSA) is 66.8 Å². The van der Waals surface area contributed by atoms with E-state index in [1.807, 2.05) is 6.08 Å². The van der Waals surface area contributed by atoms with Gasteiger partial charge >= 0.3 is 5.97 Å². The maximum atomic E-state index is 11.3. The standard InChI is InChI=1S/C21H32O4/c1-2-3-4-5-6-7-8-9-10-11-12-13-14-15-16-17-21(24)25-19-20(23)18-22/h5-6,20,22-23H,2-4,11-19H2,1H3/b6-5+. The smallest absolute Gasteiger partial charge is 0.305 e. The summed E-state index contributed by atoms with van der Waals surface area (Å²) in [6, 6.07) is 0. The highest BCUT2D eigenvalue weighted by Gasteiger charge is 2.07. The Kier molecular flexibility index (Phi) is 17.3. The van der Waals surface area contributed by atoms with Gasteiger partial charge in [-0.15, -0.1) is 0 Å². The van der Waals surface area contributed by atoms with Crippen LogP contribution in [0.4, 0.5) is 0 Å². The van der Waals surface area contributed by atoms with Gasteiger partial charge in [-0.25, -0.2) is 0 Å². The first kappa shape index (κ1) is 23.2. The number of allylic oxidation sites excluding steroid dienone is 2. The van der Waals surface area contributed by atoms with Crippen LogP contribution in [0.3, 0.4) is 0 Å². The minimum Gasteiger partial charge on any atom is -0.463 e. The van der Waals surface area contributed by atoms with Crippen LogP contribution in [0.15, 0.2) is 12.2 Å². The molecular weight excluding hydrogens is 316 g/mol. The van der Waals surface area contributed by atoms with Gasteiger partial charge in [0, 0.05) is 12.8 Å². The Morgan fingerprint density at radius 2 is 1.88 bits per heavy atom. The first-order chi connectivity index (χ1) is 12.2. The molecule has 0 aliphatic heterocycles. The summed E-state index contributed by atoms with van der Waals surface area (Å²) < 4.78 is 4.83. The van der Waals surface area contributed by atoms with E-state index in [0.717, 1.165) is 44.9 Å². The molecule has 0 aromatic carbocycles. The fraction of sp³-hybridized carbons (Fsp3) is 0.667. The molecule has 140 valence electrons. The van der Waals surface area contributed by atoms with Crippen LogP contribution < -0.4 is 0 Å². The highest BCUT2D eigenvalue weighted by atomic mass is 16.5. The summed E-state index contributed by atoms with van der Waals surface area (Å²) in [5.74, 6) is 11.3. The Morgan fingerprint density at radius 3 is 2.64 bits per heavy atom. The molecule has 0 heterocycles. The van der Waals surface area contributed by atoms with E-state index < -0.39 is 12.7 Å². The number of aliphatic hydroxyl groups excluding tert-OH is 2. The monoisotopic (exact) mass is 348 g/mol. The molecule has 4 heteroatoms. The van der Waals surface area contributed by atoms with Gasteiger partial charge in [-0.1, -0.05) is 56.9 Å². The van der Waals surface area contributed by atoms with Crippen molar-refractivity contribution in [2.24, 2.45) is 0 Å². The van der Waals surface area contributed by atoms with Crippen LogP contribution >= 0.6 is 0 Å². The Balaban J connectivity index is 3.45. The lowest BCUT2D eigenvalue weighted by atomic mass is 10.1. The van der Waals surface area contributed by atoms with Crippen molar-refractivity contribution >= 4 is 5.97 Å². The van der Waals surface area contributed by atoms with Gasteiger partial charge in [0.25, 0.3) is 0 Å². The van der Waals surface area contributed by atoms with E-state index in [9.17, 15) is 4.79 Å². The molecule has 0 radical (unpaired) electrons. The molecule has 0 saturated carbocycles. The van der Waals surface area contributed by atoms with E-state index in [1.54, 1.807) is 0 Å². The predicted octanol–water partition coefficient (Wildman–Crippen LogP) is 3.37. The molecule has 0 amide bonds. The molecule has 0 rings (SSSR count). The van der Waals surface area contributed by atoms with Gasteiger partial charge in [0.1, 0.15) is 12.7 Å². The Bertz CT molecular complexity index is 474. The van der Waals surface area contributed by atoms with Gasteiger partial charge in [-0.3, -0.25) is 4.79 Å². The van der Waals surface area contributed by atoms with E-state index in [-0.39, 0.29) is 12.6 Å². The number of aliphatic hydroxyl groups is 2. The SMILES string of the molecule is CCCC/C=C/C#CC#CCCCCCCCC(=O)OCC(O)CO. The minimum atomic E-state index is -0.980. The van der Waals surface area contributed by atoms with E-state index in [0.29, 0.717) is 6.42 Å². The van der Waals surface area contributed by atoms with Crippen molar-refractivity contribution in [3.8, 4) is 23.7 Å². The van der Waals surface area contributed by atoms with Gasteiger partial charge < -0.3 is 14.9 Å². The Hall–Kier alpha value is -1.75. The maximum absolute atomic E-state index is 11.3. The second-order valence-electron chi connectivity index (χ2n) is 5.90. The summed E-state index contributed by atoms with van der Waals surface area (Å²) >= 11 is 0. The fourth-order valence-electron chi connectivity index (χ4n) is 1.98. The molecule has 0 aromatic rings. The largest absolute Gasteiger partial charge is 0.463 e. The molecule has 0 spiro atoms. The number of hydrogen-bond donors (Lipinski definition) is 2. The number of carbonyl (C=O) groups is 1. The Labute approximate surface area is 152 Å². The lowest BCUT2D eigenvalue weighted by molar-refractivity contribution is -0.147. The van der Waals surface area contributed by atoms with Gasteiger partial charge in [-0.05, 0) is 37.2 Å². The first-order valence-corrected chi connectivity index (χ1v) is 9.28. The average Bonchev–Trinajstić information content (AvgIpc) is 2.62. The average molecular weight is 348 g/mol. The molecular formula is C21H32O4. The zero-order valence-corrected chi connectivity index (χ0v) is 15.4. The summed E-state index contributed by atoms with van der Waals surface area (Å²) in [5, 5.41) is 17.7. The van der Waals surface area contributed by atoms with Crippen molar-refractivity contribution in [3.63, 3.8) is 0 Å². The van der Waals surface area contributed by atoms with Gasteiger partial charge in [0.15, 0.2) is 0 Å². The quantitative estimate of drug-likeness (QED) is 0.304. The fourth-order valence-corrected chi connectivity index (χ4v) is 1.98. The minimum absolute atomic E-state index is 0.134. The van der Waals surface area contributed by atoms with E-state index in [4.69, 9.17) is 14.9 Å². The lowest BCUT2D eigenvalue weighted by Crippen LogP contribution is -2.21. The maximum Gasteiger partial charge on any atom is 0.305 e. The first-order valence-electron chi connectivity index (χ1n) is 9.28. The number of esters is 1. The third-order valence-electron chi connectivity index (χ3n) is 3.48. The molecule has 2 N–H and O–H groups in total. The summed E-state index contributed by atoms with van der Waals surface area (Å²) in [7, 11) is 0. The zero-order chi connectivity index (χ0) is 18.6. The molecule has 1 atom stereocenters. The van der Waals surface area contributed by atoms with Crippen molar-refractivity contribution in [1.82, 2.24) is 0 Å². The predicted molar refractivity (Wildman–Crippen MR) is 101 cm³/mol. The van der Waals surface area contributed by atoms with Gasteiger partial charge in [0.2, 0.25) is 0 Å². The van der Waals surface area contributed by atoms with Crippen molar-refractivity contribution < 1.29 is 19.7 Å². The number of rotatable bonds is 13. The van der Waals surface area contributed by atoms with Crippen LogP contribution in [-0.2, 0) is 9.53 Å². The zero-order valence-electron chi connectivity index (χ0n) is 15.4. The lowest BCUT2D eigenvalue weighted by Gasteiger charge is -2.08. The van der Waals surface area contributed by atoms with Crippen LogP contribution in [-0.4, -0.2) is 35.5 Å². The molecule has 4 nitrogen and oxygen atoms in total. The number of carbonyl (C=O) groups excluding carboxylic acids is 1. The van der Waals surface area contributed by atoms with Crippen molar-refractivity contribution in [2.45, 2.75) is 77.2 Å². The summed E-state index contributed by atoms with van der Waals surface area (Å²) in [6.07, 6.45) is 12.7. The molecule has 25 heavy (non-hydrogen) atoms. The van der Waals surface area contributed by atoms with Crippen LogP contribution in [0, 0.1) is 23.7 Å². The normalized spacial score (nSPS) is 11.3. The second kappa shape index (κ2) is 18.6. The molecule has 0 aliphatic carbocycles. The van der Waals surface area contributed by atoms with Crippen molar-refractivity contribution in [3.05, 3.63) is 12.2 Å². The molecule has 0 aliphatic rings. The molecule has 0 saturated heterocycles. The summed E-state index contributed by atoms with van der Waals surface area (Å²) in [4.78, 5) is 11.3. The van der Waals surface area contributed by atoms with Crippen LogP contribution in [0.1, 0.15) is 71.1 Å². The third-order valence-corrected chi connectivity index (χ3v) is 3.48. The molecule has 0 fully saturated rings. The van der Waals surface area contributed by atoms with Crippen LogP contribution in [0.25, 0.3) is 0 Å².